The third-order valence-electron chi connectivity index (χ3n) is 4.30. The molecule has 4 heterocycles. The lowest BCUT2D eigenvalue weighted by molar-refractivity contribution is 0.403. The average Bonchev–Trinajstić information content (AvgIpc) is 3.36. The maximum Gasteiger partial charge on any atom is 0.266 e. The van der Waals surface area contributed by atoms with Crippen molar-refractivity contribution >= 4 is 11.6 Å². The molecule has 0 saturated carbocycles. The van der Waals surface area contributed by atoms with Crippen LogP contribution in [0, 0.1) is 34.9 Å². The molecule has 28 heavy (non-hydrogen) atoms. The zero-order valence-electron chi connectivity index (χ0n) is 14.1. The number of aromatic nitrogens is 2. The van der Waals surface area contributed by atoms with Crippen molar-refractivity contribution in [3.8, 4) is 17.7 Å². The molecule has 0 atom stereocenters. The highest BCUT2D eigenvalue weighted by Crippen LogP contribution is 2.31. The van der Waals surface area contributed by atoms with Gasteiger partial charge in [-0.3, -0.25) is 0 Å². The van der Waals surface area contributed by atoms with Crippen molar-refractivity contribution in [1.82, 2.24) is 9.97 Å². The second kappa shape index (κ2) is 6.88. The minimum atomic E-state index is -1.71. The smallest absolute Gasteiger partial charge is 0.266 e. The molecule has 0 amide bonds. The van der Waals surface area contributed by atoms with Crippen LogP contribution < -0.4 is 9.80 Å². The van der Waals surface area contributed by atoms with E-state index in [0.717, 1.165) is 0 Å². The average molecular weight is 393 g/mol. The van der Waals surface area contributed by atoms with Crippen LogP contribution in [0.2, 0.25) is 0 Å². The third kappa shape index (κ3) is 2.92. The van der Waals surface area contributed by atoms with E-state index < -0.39 is 29.2 Å². The van der Waals surface area contributed by atoms with Crippen LogP contribution in [-0.2, 0) is 0 Å². The predicted octanol–water partition coefficient (Wildman–Crippen LogP) is 3.08. The van der Waals surface area contributed by atoms with Gasteiger partial charge in [0.2, 0.25) is 23.2 Å². The Balaban J connectivity index is 1.57. The molecule has 4 rings (SSSR count). The molecular weight excluding hydrogens is 382 g/mol. The molecule has 0 aliphatic carbocycles. The highest BCUT2D eigenvalue weighted by Gasteiger charge is 2.30. The standard InChI is InChI=1S/C17H11F4N5O2/c18-11-13(12(19)15(21)24-14(11)20)25-3-5-26(6-4-25)17-9(8-22)23-16(28-17)10-2-1-7-27-10/h1-2,7H,3-6H2. The molecule has 144 valence electrons. The second-order valence-corrected chi connectivity index (χ2v) is 5.91. The Kier molecular flexibility index (Phi) is 4.38. The predicted molar refractivity (Wildman–Crippen MR) is 87.4 cm³/mol. The number of halogens is 4. The van der Waals surface area contributed by atoms with Crippen molar-refractivity contribution in [1.29, 1.82) is 5.26 Å². The number of piperazine rings is 1. The quantitative estimate of drug-likeness (QED) is 0.500. The summed E-state index contributed by atoms with van der Waals surface area (Å²) in [5.74, 6) is -5.87. The second-order valence-electron chi connectivity index (χ2n) is 5.91. The van der Waals surface area contributed by atoms with Gasteiger partial charge in [-0.05, 0) is 12.1 Å². The SMILES string of the molecule is N#Cc1nc(-c2ccco2)oc1N1CCN(c2c(F)c(F)nc(F)c2F)CC1. The largest absolute Gasteiger partial charge is 0.459 e. The Morgan fingerprint density at radius 1 is 0.964 bits per heavy atom. The summed E-state index contributed by atoms with van der Waals surface area (Å²) in [5.41, 5.74) is -0.780. The molecule has 3 aromatic heterocycles. The van der Waals surface area contributed by atoms with Crippen molar-refractivity contribution in [2.75, 3.05) is 36.0 Å². The number of nitrogens with zero attached hydrogens (tertiary/aromatic N) is 5. The normalized spacial score (nSPS) is 14.4. The Labute approximate surface area is 155 Å². The topological polar surface area (TPSA) is 82.3 Å². The molecule has 1 saturated heterocycles. The summed E-state index contributed by atoms with van der Waals surface area (Å²) < 4.78 is 65.4. The van der Waals surface area contributed by atoms with Gasteiger partial charge in [0.25, 0.3) is 17.8 Å². The number of hydrogen-bond donors (Lipinski definition) is 0. The molecule has 0 spiro atoms. The number of nitriles is 1. The number of oxazole rings is 1. The molecule has 0 bridgehead atoms. The Bertz CT molecular complexity index is 1030. The number of pyridine rings is 1. The van der Waals surface area contributed by atoms with Crippen LogP contribution in [0.5, 0.6) is 0 Å². The first kappa shape index (κ1) is 17.8. The van der Waals surface area contributed by atoms with E-state index >= 15 is 0 Å². The lowest BCUT2D eigenvalue weighted by Gasteiger charge is -2.35. The lowest BCUT2D eigenvalue weighted by Crippen LogP contribution is -2.47. The number of hydrogen-bond acceptors (Lipinski definition) is 7. The van der Waals surface area contributed by atoms with E-state index in [4.69, 9.17) is 8.83 Å². The van der Waals surface area contributed by atoms with Gasteiger partial charge in [0, 0.05) is 26.2 Å². The van der Waals surface area contributed by atoms with Crippen molar-refractivity contribution < 1.29 is 26.4 Å². The first-order chi connectivity index (χ1) is 13.5. The van der Waals surface area contributed by atoms with Crippen LogP contribution in [0.3, 0.4) is 0 Å². The van der Waals surface area contributed by atoms with Crippen LogP contribution >= 0.6 is 0 Å². The van der Waals surface area contributed by atoms with Crippen molar-refractivity contribution in [2.45, 2.75) is 0 Å². The number of anilines is 2. The van der Waals surface area contributed by atoms with Gasteiger partial charge in [0.15, 0.2) is 5.76 Å². The summed E-state index contributed by atoms with van der Waals surface area (Å²) in [4.78, 5) is 9.45. The molecule has 1 fully saturated rings. The van der Waals surface area contributed by atoms with Gasteiger partial charge in [-0.2, -0.15) is 32.8 Å². The summed E-state index contributed by atoms with van der Waals surface area (Å²) in [6, 6.07) is 5.18. The molecule has 1 aliphatic rings. The van der Waals surface area contributed by atoms with Crippen molar-refractivity contribution in [2.24, 2.45) is 0 Å². The monoisotopic (exact) mass is 393 g/mol. The van der Waals surface area contributed by atoms with Crippen LogP contribution in [-0.4, -0.2) is 36.1 Å². The zero-order valence-corrected chi connectivity index (χ0v) is 14.1. The first-order valence-corrected chi connectivity index (χ1v) is 8.14. The molecule has 11 heteroatoms. The highest BCUT2D eigenvalue weighted by atomic mass is 19.2. The van der Waals surface area contributed by atoms with Gasteiger partial charge in [0.05, 0.1) is 6.26 Å². The molecule has 0 unspecified atom stereocenters. The minimum Gasteiger partial charge on any atom is -0.459 e. The molecule has 0 aromatic carbocycles. The third-order valence-corrected chi connectivity index (χ3v) is 4.30. The Hall–Kier alpha value is -3.55. The van der Waals surface area contributed by atoms with Gasteiger partial charge in [-0.15, -0.1) is 0 Å². The molecule has 3 aromatic rings. The molecular formula is C17H11F4N5O2. The number of furan rings is 1. The van der Waals surface area contributed by atoms with E-state index in [1.54, 1.807) is 17.0 Å². The fraction of sp³-hybridized carbons (Fsp3) is 0.235. The molecule has 1 aliphatic heterocycles. The summed E-state index contributed by atoms with van der Waals surface area (Å²) in [5, 5.41) is 9.29. The summed E-state index contributed by atoms with van der Waals surface area (Å²) in [6.45, 7) is 0.397. The first-order valence-electron chi connectivity index (χ1n) is 8.14. The van der Waals surface area contributed by atoms with Gasteiger partial charge < -0.3 is 18.6 Å². The van der Waals surface area contributed by atoms with Crippen molar-refractivity contribution in [3.05, 3.63) is 47.6 Å². The Morgan fingerprint density at radius 2 is 1.61 bits per heavy atom. The van der Waals surface area contributed by atoms with Gasteiger partial charge in [-0.1, -0.05) is 0 Å². The summed E-state index contributed by atoms with van der Waals surface area (Å²) in [6.07, 6.45) is 1.43. The maximum absolute atomic E-state index is 13.9. The van der Waals surface area contributed by atoms with E-state index in [9.17, 15) is 22.8 Å². The highest BCUT2D eigenvalue weighted by molar-refractivity contribution is 5.57. The van der Waals surface area contributed by atoms with E-state index in [-0.39, 0.29) is 43.6 Å². The fourth-order valence-electron chi connectivity index (χ4n) is 2.99. The minimum absolute atomic E-state index is 0.0261. The molecule has 0 N–H and O–H groups in total. The van der Waals surface area contributed by atoms with E-state index in [1.807, 2.05) is 6.07 Å². The van der Waals surface area contributed by atoms with Crippen LogP contribution in [0.25, 0.3) is 11.7 Å². The van der Waals surface area contributed by atoms with Gasteiger partial charge >= 0.3 is 0 Å². The maximum atomic E-state index is 13.9. The van der Waals surface area contributed by atoms with E-state index in [2.05, 4.69) is 9.97 Å². The fourth-order valence-corrected chi connectivity index (χ4v) is 2.99. The van der Waals surface area contributed by atoms with E-state index in [0.29, 0.717) is 5.76 Å². The molecule has 0 radical (unpaired) electrons. The zero-order chi connectivity index (χ0) is 19.8. The summed E-state index contributed by atoms with van der Waals surface area (Å²) >= 11 is 0. The lowest BCUT2D eigenvalue weighted by atomic mass is 10.2. The van der Waals surface area contributed by atoms with E-state index in [1.165, 1.54) is 11.2 Å². The number of rotatable bonds is 3. The van der Waals surface area contributed by atoms with Crippen LogP contribution in [0.15, 0.2) is 27.2 Å². The van der Waals surface area contributed by atoms with Crippen molar-refractivity contribution in [3.63, 3.8) is 0 Å². The van der Waals surface area contributed by atoms with Crippen LogP contribution in [0.4, 0.5) is 29.1 Å². The summed E-state index contributed by atoms with van der Waals surface area (Å²) in [7, 11) is 0. The van der Waals surface area contributed by atoms with Gasteiger partial charge in [0.1, 0.15) is 11.8 Å². The molecule has 7 nitrogen and oxygen atoms in total. The van der Waals surface area contributed by atoms with Gasteiger partial charge in [-0.25, -0.2) is 0 Å². The Morgan fingerprint density at radius 3 is 2.18 bits per heavy atom. The van der Waals surface area contributed by atoms with Crippen LogP contribution in [0.1, 0.15) is 5.69 Å².